The first-order valence-corrected chi connectivity index (χ1v) is 15.1. The van der Waals surface area contributed by atoms with Gasteiger partial charge in [-0.15, -0.1) is 0 Å². The summed E-state index contributed by atoms with van der Waals surface area (Å²) in [5.74, 6) is -0.248. The molecule has 0 aliphatic carbocycles. The molecule has 0 fully saturated rings. The van der Waals surface area contributed by atoms with Crippen LogP contribution in [0.3, 0.4) is 0 Å². The topological polar surface area (TPSA) is 154 Å². The van der Waals surface area contributed by atoms with Crippen LogP contribution < -0.4 is 15.8 Å². The number of ether oxygens (including phenoxy) is 3. The van der Waals surface area contributed by atoms with E-state index < -0.39 is 22.2 Å². The van der Waals surface area contributed by atoms with Gasteiger partial charge in [0.05, 0.1) is 42.9 Å². The third-order valence-electron chi connectivity index (χ3n) is 7.09. The number of para-hydroxylation sites is 3. The van der Waals surface area contributed by atoms with E-state index in [9.17, 15) is 18.3 Å². The molecule has 1 amide bonds. The van der Waals surface area contributed by atoms with Crippen LogP contribution in [0.1, 0.15) is 17.9 Å². The third kappa shape index (κ3) is 6.83. The molecule has 1 aliphatic heterocycles. The van der Waals surface area contributed by atoms with E-state index in [1.165, 1.54) is 19.2 Å². The summed E-state index contributed by atoms with van der Waals surface area (Å²) in [6.07, 6.45) is 2.84. The van der Waals surface area contributed by atoms with E-state index in [0.29, 0.717) is 29.1 Å². The first-order valence-electron chi connectivity index (χ1n) is 13.7. The van der Waals surface area contributed by atoms with Crippen molar-refractivity contribution < 1.29 is 36.9 Å². The summed E-state index contributed by atoms with van der Waals surface area (Å²) in [6, 6.07) is 20.5. The van der Waals surface area contributed by atoms with Crippen molar-refractivity contribution in [2.45, 2.75) is 23.5 Å². The third-order valence-corrected chi connectivity index (χ3v) is 9.00. The van der Waals surface area contributed by atoms with Crippen LogP contribution in [0.4, 0.5) is 11.4 Å². The number of aliphatic hydroxyl groups excluding tert-OH is 1. The van der Waals surface area contributed by atoms with Crippen LogP contribution in [0.5, 0.6) is 5.75 Å². The highest BCUT2D eigenvalue weighted by molar-refractivity contribution is 7.89. The smallest absolute Gasteiger partial charge is 0.290 e. The summed E-state index contributed by atoms with van der Waals surface area (Å²) >= 11 is 0. The van der Waals surface area contributed by atoms with Gasteiger partial charge in [-0.25, -0.2) is 8.42 Å². The molecule has 0 unspecified atom stereocenters. The SMILES string of the molecule is COc1ccc(S(=O)(=O)N(CCO)CCO[C@@H]2C[C@H](c3coc4ccccc34)C=C(C(=O)Nc3ccccc3N)O2)cc1. The van der Waals surface area contributed by atoms with Gasteiger partial charge in [0.25, 0.3) is 5.91 Å². The minimum absolute atomic E-state index is 0.0350. The number of allylic oxidation sites excluding steroid dienone is 1. The molecule has 43 heavy (non-hydrogen) atoms. The molecular formula is C31H33N3O8S. The molecule has 4 N–H and O–H groups in total. The number of nitrogens with one attached hydrogen (secondary N) is 1. The van der Waals surface area contributed by atoms with Crippen LogP contribution in [0, 0.1) is 0 Å². The number of carbonyl (C=O) groups excluding carboxylic acids is 1. The first-order chi connectivity index (χ1) is 20.8. The number of fused-ring (bicyclic) bond motifs is 1. The van der Waals surface area contributed by atoms with Gasteiger partial charge in [0, 0.05) is 36.4 Å². The molecule has 226 valence electrons. The van der Waals surface area contributed by atoms with Crippen molar-refractivity contribution >= 4 is 38.3 Å². The molecule has 1 aromatic heterocycles. The Bertz CT molecular complexity index is 1700. The van der Waals surface area contributed by atoms with Gasteiger partial charge in [-0.05, 0) is 48.5 Å². The summed E-state index contributed by atoms with van der Waals surface area (Å²) in [6.45, 7) is -0.612. The zero-order valence-corrected chi connectivity index (χ0v) is 24.3. The van der Waals surface area contributed by atoms with E-state index in [0.717, 1.165) is 15.3 Å². The van der Waals surface area contributed by atoms with Crippen LogP contribution >= 0.6 is 0 Å². The lowest BCUT2D eigenvalue weighted by Crippen LogP contribution is -2.37. The largest absolute Gasteiger partial charge is 0.497 e. The molecule has 0 radical (unpaired) electrons. The summed E-state index contributed by atoms with van der Waals surface area (Å²) in [5.41, 5.74) is 8.43. The van der Waals surface area contributed by atoms with Crippen LogP contribution in [-0.2, 0) is 24.3 Å². The van der Waals surface area contributed by atoms with Crippen molar-refractivity contribution in [2.24, 2.45) is 0 Å². The Balaban J connectivity index is 1.33. The maximum Gasteiger partial charge on any atom is 0.290 e. The second kappa shape index (κ2) is 13.3. The number of amides is 1. The Morgan fingerprint density at radius 1 is 1.07 bits per heavy atom. The van der Waals surface area contributed by atoms with Crippen molar-refractivity contribution in [1.29, 1.82) is 0 Å². The molecule has 3 aromatic carbocycles. The summed E-state index contributed by atoms with van der Waals surface area (Å²) in [7, 11) is -2.43. The quantitative estimate of drug-likeness (QED) is 0.202. The minimum Gasteiger partial charge on any atom is -0.497 e. The van der Waals surface area contributed by atoms with Crippen LogP contribution in [0.25, 0.3) is 11.0 Å². The number of anilines is 2. The molecule has 0 bridgehead atoms. The molecule has 2 heterocycles. The van der Waals surface area contributed by atoms with Gasteiger partial charge in [0.2, 0.25) is 16.3 Å². The van der Waals surface area contributed by atoms with E-state index in [-0.39, 0.29) is 42.9 Å². The van der Waals surface area contributed by atoms with Crippen LogP contribution in [0.15, 0.2) is 100 Å². The van der Waals surface area contributed by atoms with E-state index in [2.05, 4.69) is 5.32 Å². The number of nitrogens with zero attached hydrogens (tertiary/aromatic N) is 1. The van der Waals surface area contributed by atoms with Crippen molar-refractivity contribution in [2.75, 3.05) is 44.5 Å². The van der Waals surface area contributed by atoms with Crippen LogP contribution in [-0.4, -0.2) is 63.4 Å². The van der Waals surface area contributed by atoms with Crippen molar-refractivity contribution in [1.82, 2.24) is 4.31 Å². The average Bonchev–Trinajstić information content (AvgIpc) is 3.46. The monoisotopic (exact) mass is 607 g/mol. The zero-order valence-electron chi connectivity index (χ0n) is 23.5. The highest BCUT2D eigenvalue weighted by Crippen LogP contribution is 2.36. The van der Waals surface area contributed by atoms with Gasteiger partial charge in [0.15, 0.2) is 5.76 Å². The van der Waals surface area contributed by atoms with E-state index in [1.54, 1.807) is 48.7 Å². The normalized spacial score (nSPS) is 17.0. The maximum atomic E-state index is 13.3. The highest BCUT2D eigenvalue weighted by atomic mass is 32.2. The Kier molecular flexibility index (Phi) is 9.31. The molecule has 1 aliphatic rings. The van der Waals surface area contributed by atoms with Gasteiger partial charge < -0.3 is 34.8 Å². The molecule has 4 aromatic rings. The van der Waals surface area contributed by atoms with Crippen molar-refractivity contribution in [3.05, 3.63) is 96.5 Å². The number of nitrogens with two attached hydrogens (primary N) is 1. The first kappa shape index (κ1) is 30.1. The van der Waals surface area contributed by atoms with Gasteiger partial charge in [-0.1, -0.05) is 30.3 Å². The number of hydrogen-bond acceptors (Lipinski definition) is 9. The van der Waals surface area contributed by atoms with Gasteiger partial charge in [-0.2, -0.15) is 4.31 Å². The lowest BCUT2D eigenvalue weighted by Gasteiger charge is -2.30. The summed E-state index contributed by atoms with van der Waals surface area (Å²) in [5, 5.41) is 13.3. The van der Waals surface area contributed by atoms with E-state index in [1.807, 2.05) is 24.3 Å². The van der Waals surface area contributed by atoms with Gasteiger partial charge in [0.1, 0.15) is 11.3 Å². The molecule has 0 spiro atoms. The number of carbonyl (C=O) groups is 1. The Morgan fingerprint density at radius 2 is 1.81 bits per heavy atom. The highest BCUT2D eigenvalue weighted by Gasteiger charge is 2.31. The Morgan fingerprint density at radius 3 is 2.56 bits per heavy atom. The minimum atomic E-state index is -3.93. The predicted molar refractivity (Wildman–Crippen MR) is 161 cm³/mol. The second-order valence-electron chi connectivity index (χ2n) is 9.82. The van der Waals surface area contributed by atoms with Crippen LogP contribution in [0.2, 0.25) is 0 Å². The standard InChI is InChI=1S/C31H33N3O8S/c1-39-22-10-12-23(13-11-22)43(37,38)34(14-16-35)15-17-40-30-19-21(25-20-41-28-9-5-2-6-24(25)28)18-29(42-30)31(36)33-27-8-4-3-7-26(27)32/h2-13,18,20-21,30,35H,14-17,19,32H2,1H3,(H,33,36)/t21-,30+/m1/s1. The summed E-state index contributed by atoms with van der Waals surface area (Å²) < 4.78 is 50.5. The number of methoxy groups -OCH3 is 1. The summed E-state index contributed by atoms with van der Waals surface area (Å²) in [4.78, 5) is 13.3. The maximum absolute atomic E-state index is 13.3. The number of aliphatic hydroxyl groups is 1. The lowest BCUT2D eigenvalue weighted by atomic mass is 9.92. The molecule has 12 heteroatoms. The number of furan rings is 1. The van der Waals surface area contributed by atoms with Gasteiger partial charge in [-0.3, -0.25) is 4.79 Å². The van der Waals surface area contributed by atoms with Crippen molar-refractivity contribution in [3.63, 3.8) is 0 Å². The Hall–Kier alpha value is -4.36. The fourth-order valence-corrected chi connectivity index (χ4v) is 6.28. The molecule has 5 rings (SSSR count). The molecule has 2 atom stereocenters. The predicted octanol–water partition coefficient (Wildman–Crippen LogP) is 4.08. The number of benzene rings is 3. The molecule has 0 saturated heterocycles. The lowest BCUT2D eigenvalue weighted by molar-refractivity contribution is -0.143. The van der Waals surface area contributed by atoms with Gasteiger partial charge >= 0.3 is 0 Å². The number of sulfonamides is 1. The average molecular weight is 608 g/mol. The number of nitrogen functional groups attached to an aromatic ring is 1. The van der Waals surface area contributed by atoms with E-state index >= 15 is 0 Å². The molecular weight excluding hydrogens is 574 g/mol. The Labute approximate surface area is 249 Å². The van der Waals surface area contributed by atoms with Crippen molar-refractivity contribution in [3.8, 4) is 5.75 Å². The number of hydrogen-bond donors (Lipinski definition) is 3. The zero-order chi connectivity index (χ0) is 30.4. The number of rotatable bonds is 12. The van der Waals surface area contributed by atoms with E-state index in [4.69, 9.17) is 24.4 Å². The fourth-order valence-electron chi connectivity index (χ4n) is 4.86. The second-order valence-corrected chi connectivity index (χ2v) is 11.8. The molecule has 0 saturated carbocycles. The molecule has 11 nitrogen and oxygen atoms in total. The fraction of sp³-hybridized carbons (Fsp3) is 0.258.